The van der Waals surface area contributed by atoms with Crippen molar-refractivity contribution in [2.45, 2.75) is 13.5 Å². The Balaban J connectivity index is 1.71. The van der Waals surface area contributed by atoms with Crippen LogP contribution >= 0.6 is 23.2 Å². The van der Waals surface area contributed by atoms with E-state index in [1.165, 1.54) is 12.3 Å². The van der Waals surface area contributed by atoms with Gasteiger partial charge in [-0.2, -0.15) is 5.10 Å². The minimum Gasteiger partial charge on any atom is -0.347 e. The van der Waals surface area contributed by atoms with E-state index in [1.54, 1.807) is 23.0 Å². The summed E-state index contributed by atoms with van der Waals surface area (Å²) in [5, 5.41) is 8.05. The summed E-state index contributed by atoms with van der Waals surface area (Å²) in [6, 6.07) is 8.79. The van der Waals surface area contributed by atoms with Gasteiger partial charge in [0.25, 0.3) is 5.91 Å². The molecule has 0 saturated heterocycles. The van der Waals surface area contributed by atoms with E-state index in [4.69, 9.17) is 23.2 Å². The molecule has 1 N–H and O–H groups in total. The predicted molar refractivity (Wildman–Crippen MR) is 93.7 cm³/mol. The lowest BCUT2D eigenvalue weighted by molar-refractivity contribution is 0.0946. The highest BCUT2D eigenvalue weighted by Crippen LogP contribution is 2.20. The van der Waals surface area contributed by atoms with Gasteiger partial charge in [0.1, 0.15) is 11.4 Å². The maximum Gasteiger partial charge on any atom is 0.270 e. The predicted octanol–water partition coefficient (Wildman–Crippen LogP) is 3.81. The van der Waals surface area contributed by atoms with Gasteiger partial charge >= 0.3 is 0 Å². The summed E-state index contributed by atoms with van der Waals surface area (Å²) in [7, 11) is 0. The molecule has 0 aliphatic heterocycles. The molecule has 1 aromatic carbocycles. The molecular weight excluding hydrogens is 347 g/mol. The van der Waals surface area contributed by atoms with Crippen molar-refractivity contribution in [3.05, 3.63) is 75.8 Å². The Kier molecular flexibility index (Phi) is 4.83. The molecule has 1 amide bonds. The topological polar surface area (TPSA) is 59.8 Å². The second-order valence-corrected chi connectivity index (χ2v) is 6.14. The first-order chi connectivity index (χ1) is 11.5. The van der Waals surface area contributed by atoms with Crippen molar-refractivity contribution >= 4 is 29.1 Å². The molecule has 0 radical (unpaired) electrons. The highest BCUT2D eigenvalue weighted by molar-refractivity contribution is 6.32. The molecule has 0 spiro atoms. The monoisotopic (exact) mass is 360 g/mol. The Morgan fingerprint density at radius 1 is 1.21 bits per heavy atom. The van der Waals surface area contributed by atoms with Gasteiger partial charge in [0, 0.05) is 17.8 Å². The number of pyridine rings is 1. The number of benzene rings is 1. The highest BCUT2D eigenvalue weighted by atomic mass is 35.5. The SMILES string of the molecule is Cc1cnn(-c2cnc(C(=O)NCc3ccc(Cl)cc3)cc2Cl)c1. The average Bonchev–Trinajstić information content (AvgIpc) is 3.00. The molecule has 0 atom stereocenters. The van der Waals surface area contributed by atoms with Crippen molar-refractivity contribution in [1.82, 2.24) is 20.1 Å². The largest absolute Gasteiger partial charge is 0.347 e. The number of aryl methyl sites for hydroxylation is 1. The minimum atomic E-state index is -0.296. The van der Waals surface area contributed by atoms with Crippen molar-refractivity contribution in [1.29, 1.82) is 0 Å². The first kappa shape index (κ1) is 16.5. The number of aromatic nitrogens is 3. The summed E-state index contributed by atoms with van der Waals surface area (Å²) in [6.07, 6.45) is 5.10. The molecule has 0 fully saturated rings. The molecule has 0 unspecified atom stereocenters. The van der Waals surface area contributed by atoms with E-state index >= 15 is 0 Å². The quantitative estimate of drug-likeness (QED) is 0.769. The molecule has 3 rings (SSSR count). The molecule has 0 aliphatic carbocycles. The molecule has 24 heavy (non-hydrogen) atoms. The van der Waals surface area contributed by atoms with Gasteiger partial charge in [-0.15, -0.1) is 0 Å². The molecule has 7 heteroatoms. The second-order valence-electron chi connectivity index (χ2n) is 5.29. The van der Waals surface area contributed by atoms with Crippen LogP contribution in [0.2, 0.25) is 10.0 Å². The van der Waals surface area contributed by atoms with Crippen LogP contribution in [0.15, 0.2) is 48.9 Å². The molecule has 5 nitrogen and oxygen atoms in total. The zero-order valence-corrected chi connectivity index (χ0v) is 14.3. The zero-order chi connectivity index (χ0) is 17.1. The van der Waals surface area contributed by atoms with Gasteiger partial charge in [0.2, 0.25) is 0 Å². The molecule has 2 heterocycles. The van der Waals surface area contributed by atoms with E-state index in [0.717, 1.165) is 11.1 Å². The minimum absolute atomic E-state index is 0.251. The third kappa shape index (κ3) is 3.75. The Labute approximate surface area is 149 Å². The van der Waals surface area contributed by atoms with Crippen LogP contribution in [0.3, 0.4) is 0 Å². The van der Waals surface area contributed by atoms with E-state index in [1.807, 2.05) is 25.3 Å². The average molecular weight is 361 g/mol. The van der Waals surface area contributed by atoms with Crippen molar-refractivity contribution in [3.8, 4) is 5.69 Å². The van der Waals surface area contributed by atoms with Gasteiger partial charge < -0.3 is 5.32 Å². The fourth-order valence-electron chi connectivity index (χ4n) is 2.14. The van der Waals surface area contributed by atoms with Crippen molar-refractivity contribution in [2.24, 2.45) is 0 Å². The van der Waals surface area contributed by atoms with Gasteiger partial charge in [0.15, 0.2) is 0 Å². The summed E-state index contributed by atoms with van der Waals surface area (Å²) in [4.78, 5) is 16.4. The van der Waals surface area contributed by atoms with Crippen LogP contribution in [0.25, 0.3) is 5.69 Å². The maximum absolute atomic E-state index is 12.2. The van der Waals surface area contributed by atoms with Crippen LogP contribution in [0.4, 0.5) is 0 Å². The van der Waals surface area contributed by atoms with Crippen molar-refractivity contribution < 1.29 is 4.79 Å². The number of halogens is 2. The smallest absolute Gasteiger partial charge is 0.270 e. The standard InChI is InChI=1S/C17H14Cl2N4O/c1-11-7-22-23(10-11)16-9-20-15(6-14(16)19)17(24)21-8-12-2-4-13(18)5-3-12/h2-7,9-10H,8H2,1H3,(H,21,24). The van der Waals surface area contributed by atoms with Crippen LogP contribution in [0, 0.1) is 6.92 Å². The first-order valence-corrected chi connectivity index (χ1v) is 7.98. The lowest BCUT2D eigenvalue weighted by atomic mass is 10.2. The summed E-state index contributed by atoms with van der Waals surface area (Å²) in [5.41, 5.74) is 2.83. The Morgan fingerprint density at radius 2 is 1.96 bits per heavy atom. The lowest BCUT2D eigenvalue weighted by Gasteiger charge is -2.08. The Bertz CT molecular complexity index is 875. The molecule has 2 aromatic heterocycles. The summed E-state index contributed by atoms with van der Waals surface area (Å²) in [6.45, 7) is 2.32. The Morgan fingerprint density at radius 3 is 2.58 bits per heavy atom. The molecule has 3 aromatic rings. The van der Waals surface area contributed by atoms with E-state index in [-0.39, 0.29) is 11.6 Å². The number of rotatable bonds is 4. The zero-order valence-electron chi connectivity index (χ0n) is 12.8. The number of amides is 1. The summed E-state index contributed by atoms with van der Waals surface area (Å²) >= 11 is 12.1. The molecule has 0 saturated carbocycles. The van der Waals surface area contributed by atoms with Gasteiger partial charge in [0.05, 0.1) is 17.4 Å². The number of hydrogen-bond acceptors (Lipinski definition) is 3. The first-order valence-electron chi connectivity index (χ1n) is 7.23. The van der Waals surface area contributed by atoms with Crippen molar-refractivity contribution in [2.75, 3.05) is 0 Å². The fourth-order valence-corrected chi connectivity index (χ4v) is 2.50. The van der Waals surface area contributed by atoms with E-state index in [9.17, 15) is 4.79 Å². The van der Waals surface area contributed by atoms with Gasteiger partial charge in [-0.05, 0) is 36.2 Å². The van der Waals surface area contributed by atoms with Crippen LogP contribution in [-0.2, 0) is 6.54 Å². The van der Waals surface area contributed by atoms with E-state index in [2.05, 4.69) is 15.4 Å². The number of nitrogens with zero attached hydrogens (tertiary/aromatic N) is 3. The fraction of sp³-hybridized carbons (Fsp3) is 0.118. The third-order valence-corrected chi connectivity index (χ3v) is 3.95. The van der Waals surface area contributed by atoms with Crippen molar-refractivity contribution in [3.63, 3.8) is 0 Å². The lowest BCUT2D eigenvalue weighted by Crippen LogP contribution is -2.23. The third-order valence-electron chi connectivity index (χ3n) is 3.39. The number of carbonyl (C=O) groups excluding carboxylic acids is 1. The number of hydrogen-bond donors (Lipinski definition) is 1. The molecule has 122 valence electrons. The van der Waals surface area contributed by atoms with Crippen LogP contribution in [0.1, 0.15) is 21.6 Å². The van der Waals surface area contributed by atoms with E-state index < -0.39 is 0 Å². The van der Waals surface area contributed by atoms with Crippen LogP contribution in [0.5, 0.6) is 0 Å². The summed E-state index contributed by atoms with van der Waals surface area (Å²) < 4.78 is 1.63. The van der Waals surface area contributed by atoms with Gasteiger partial charge in [-0.25, -0.2) is 9.67 Å². The number of nitrogens with one attached hydrogen (secondary N) is 1. The summed E-state index contributed by atoms with van der Waals surface area (Å²) in [5.74, 6) is -0.296. The molecular formula is C17H14Cl2N4O. The maximum atomic E-state index is 12.2. The van der Waals surface area contributed by atoms with Gasteiger partial charge in [-0.3, -0.25) is 4.79 Å². The highest BCUT2D eigenvalue weighted by Gasteiger charge is 2.12. The van der Waals surface area contributed by atoms with Crippen LogP contribution < -0.4 is 5.32 Å². The molecule has 0 aliphatic rings. The van der Waals surface area contributed by atoms with E-state index in [0.29, 0.717) is 22.3 Å². The van der Waals surface area contributed by atoms with Crippen LogP contribution in [-0.4, -0.2) is 20.7 Å². The molecule has 0 bridgehead atoms. The normalized spacial score (nSPS) is 10.6. The number of carbonyl (C=O) groups is 1. The van der Waals surface area contributed by atoms with Gasteiger partial charge in [-0.1, -0.05) is 35.3 Å². The second kappa shape index (κ2) is 7.03. The Hall–Kier alpha value is -2.37.